The number of para-hydroxylation sites is 1. The standard InChI is InChI=1S/C18H15FN2O2/c1-12(17-11-14-4-2-3-5-16(14)23-17)20-21-18(22)10-13-6-8-15(19)9-7-13/h2-9,11H,10H2,1H3,(H,21,22)/b20-12+. The first-order valence-corrected chi connectivity index (χ1v) is 7.18. The highest BCUT2D eigenvalue weighted by Gasteiger charge is 2.07. The molecular formula is C18H15FN2O2. The van der Waals surface area contributed by atoms with Crippen LogP contribution in [0.15, 0.2) is 64.1 Å². The Labute approximate surface area is 132 Å². The molecule has 0 spiro atoms. The monoisotopic (exact) mass is 310 g/mol. The van der Waals surface area contributed by atoms with E-state index in [0.717, 1.165) is 16.5 Å². The molecule has 1 amide bonds. The van der Waals surface area contributed by atoms with Crippen molar-refractivity contribution in [2.24, 2.45) is 5.10 Å². The lowest BCUT2D eigenvalue weighted by Gasteiger charge is -2.01. The molecule has 0 saturated heterocycles. The number of fused-ring (bicyclic) bond motifs is 1. The van der Waals surface area contributed by atoms with Gasteiger partial charge >= 0.3 is 0 Å². The number of carbonyl (C=O) groups excluding carboxylic acids is 1. The van der Waals surface area contributed by atoms with Crippen LogP contribution < -0.4 is 5.43 Å². The second kappa shape index (κ2) is 6.44. The first-order chi connectivity index (χ1) is 11.1. The number of hydrogen-bond donors (Lipinski definition) is 1. The van der Waals surface area contributed by atoms with Gasteiger partial charge in [0.05, 0.1) is 6.42 Å². The fraction of sp³-hybridized carbons (Fsp3) is 0.111. The van der Waals surface area contributed by atoms with Crippen LogP contribution in [-0.4, -0.2) is 11.6 Å². The van der Waals surface area contributed by atoms with Gasteiger partial charge in [-0.1, -0.05) is 30.3 Å². The summed E-state index contributed by atoms with van der Waals surface area (Å²) in [5, 5.41) is 5.03. The molecule has 23 heavy (non-hydrogen) atoms. The van der Waals surface area contributed by atoms with Gasteiger partial charge in [0, 0.05) is 5.39 Å². The summed E-state index contributed by atoms with van der Waals surface area (Å²) >= 11 is 0. The van der Waals surface area contributed by atoms with Gasteiger partial charge in [-0.3, -0.25) is 4.79 Å². The van der Waals surface area contributed by atoms with Gasteiger partial charge in [0.15, 0.2) is 5.76 Å². The molecule has 0 unspecified atom stereocenters. The summed E-state index contributed by atoms with van der Waals surface area (Å²) in [7, 11) is 0. The number of amides is 1. The van der Waals surface area contributed by atoms with Crippen LogP contribution in [0, 0.1) is 5.82 Å². The van der Waals surface area contributed by atoms with Crippen LogP contribution >= 0.6 is 0 Å². The zero-order chi connectivity index (χ0) is 16.2. The van der Waals surface area contributed by atoms with Gasteiger partial charge in [-0.2, -0.15) is 5.10 Å². The fourth-order valence-corrected chi connectivity index (χ4v) is 2.19. The number of hydrazone groups is 1. The van der Waals surface area contributed by atoms with Crippen LogP contribution in [0.1, 0.15) is 18.2 Å². The average molecular weight is 310 g/mol. The van der Waals surface area contributed by atoms with Crippen LogP contribution in [0.25, 0.3) is 11.0 Å². The maximum Gasteiger partial charge on any atom is 0.244 e. The lowest BCUT2D eigenvalue weighted by Crippen LogP contribution is -2.21. The average Bonchev–Trinajstić information content (AvgIpc) is 2.99. The highest BCUT2D eigenvalue weighted by molar-refractivity contribution is 6.00. The zero-order valence-corrected chi connectivity index (χ0v) is 12.5. The minimum Gasteiger partial charge on any atom is -0.455 e. The summed E-state index contributed by atoms with van der Waals surface area (Å²) in [6, 6.07) is 15.3. The van der Waals surface area contributed by atoms with Crippen molar-refractivity contribution in [2.75, 3.05) is 0 Å². The molecule has 0 aliphatic rings. The molecule has 0 saturated carbocycles. The molecule has 5 heteroatoms. The summed E-state index contributed by atoms with van der Waals surface area (Å²) in [5.41, 5.74) is 4.56. The van der Waals surface area contributed by atoms with E-state index in [-0.39, 0.29) is 18.1 Å². The van der Waals surface area contributed by atoms with Gasteiger partial charge < -0.3 is 4.42 Å². The van der Waals surface area contributed by atoms with Crippen molar-refractivity contribution in [3.63, 3.8) is 0 Å². The van der Waals surface area contributed by atoms with E-state index in [1.807, 2.05) is 30.3 Å². The molecule has 2 aromatic carbocycles. The normalized spacial score (nSPS) is 11.7. The Hall–Kier alpha value is -2.95. The molecule has 0 aliphatic carbocycles. The van der Waals surface area contributed by atoms with Crippen molar-refractivity contribution in [3.8, 4) is 0 Å². The number of nitrogens with zero attached hydrogens (tertiary/aromatic N) is 1. The molecule has 4 nitrogen and oxygen atoms in total. The third-order valence-electron chi connectivity index (χ3n) is 3.41. The van der Waals surface area contributed by atoms with Crippen molar-refractivity contribution in [3.05, 3.63) is 71.7 Å². The first-order valence-electron chi connectivity index (χ1n) is 7.18. The Bertz CT molecular complexity index is 833. The maximum absolute atomic E-state index is 12.8. The quantitative estimate of drug-likeness (QED) is 0.590. The molecule has 116 valence electrons. The lowest BCUT2D eigenvalue weighted by atomic mass is 10.1. The molecule has 0 fully saturated rings. The number of nitrogens with one attached hydrogen (secondary N) is 1. The van der Waals surface area contributed by atoms with E-state index in [4.69, 9.17) is 4.42 Å². The van der Waals surface area contributed by atoms with E-state index in [9.17, 15) is 9.18 Å². The molecule has 0 aliphatic heterocycles. The van der Waals surface area contributed by atoms with Crippen LogP contribution in [0.5, 0.6) is 0 Å². The largest absolute Gasteiger partial charge is 0.455 e. The van der Waals surface area contributed by atoms with Gasteiger partial charge in [0.1, 0.15) is 17.1 Å². The minimum atomic E-state index is -0.326. The van der Waals surface area contributed by atoms with Gasteiger partial charge in [-0.25, -0.2) is 9.82 Å². The van der Waals surface area contributed by atoms with Gasteiger partial charge in [0.25, 0.3) is 0 Å². The number of benzene rings is 2. The molecule has 1 aromatic heterocycles. The van der Waals surface area contributed by atoms with Crippen molar-refractivity contribution in [1.82, 2.24) is 5.43 Å². The van der Waals surface area contributed by atoms with Crippen molar-refractivity contribution < 1.29 is 13.6 Å². The van der Waals surface area contributed by atoms with E-state index in [1.165, 1.54) is 12.1 Å². The van der Waals surface area contributed by atoms with Gasteiger partial charge in [0.2, 0.25) is 5.91 Å². The van der Waals surface area contributed by atoms with E-state index >= 15 is 0 Å². The molecule has 3 rings (SSSR count). The third kappa shape index (κ3) is 3.63. The second-order valence-corrected chi connectivity index (χ2v) is 5.18. The van der Waals surface area contributed by atoms with E-state index in [1.54, 1.807) is 19.1 Å². The summed E-state index contributed by atoms with van der Waals surface area (Å²) in [4.78, 5) is 11.9. The summed E-state index contributed by atoms with van der Waals surface area (Å²) in [6.45, 7) is 1.76. The van der Waals surface area contributed by atoms with Crippen LogP contribution in [-0.2, 0) is 11.2 Å². The number of furan rings is 1. The van der Waals surface area contributed by atoms with Gasteiger partial charge in [-0.05, 0) is 36.8 Å². The van der Waals surface area contributed by atoms with E-state index < -0.39 is 0 Å². The van der Waals surface area contributed by atoms with Crippen LogP contribution in [0.4, 0.5) is 4.39 Å². The van der Waals surface area contributed by atoms with Crippen molar-refractivity contribution in [2.45, 2.75) is 13.3 Å². The number of halogens is 1. The molecular weight excluding hydrogens is 295 g/mol. The highest BCUT2D eigenvalue weighted by atomic mass is 19.1. The predicted octanol–water partition coefficient (Wildman–Crippen LogP) is 3.65. The Morgan fingerprint density at radius 1 is 1.17 bits per heavy atom. The number of hydrogen-bond acceptors (Lipinski definition) is 3. The first kappa shape index (κ1) is 15.0. The molecule has 1 N–H and O–H groups in total. The number of carbonyl (C=O) groups is 1. The SMILES string of the molecule is C/C(=N\NC(=O)Cc1ccc(F)cc1)c1cc2ccccc2o1. The zero-order valence-electron chi connectivity index (χ0n) is 12.5. The van der Waals surface area contributed by atoms with Crippen molar-refractivity contribution in [1.29, 1.82) is 0 Å². The van der Waals surface area contributed by atoms with E-state index in [2.05, 4.69) is 10.5 Å². The highest BCUT2D eigenvalue weighted by Crippen LogP contribution is 2.19. The smallest absolute Gasteiger partial charge is 0.244 e. The Morgan fingerprint density at radius 3 is 2.65 bits per heavy atom. The molecule has 1 heterocycles. The van der Waals surface area contributed by atoms with E-state index in [0.29, 0.717) is 11.5 Å². The molecule has 3 aromatic rings. The predicted molar refractivity (Wildman–Crippen MR) is 86.7 cm³/mol. The molecule has 0 bridgehead atoms. The van der Waals surface area contributed by atoms with Crippen LogP contribution in [0.3, 0.4) is 0 Å². The Morgan fingerprint density at radius 2 is 1.91 bits per heavy atom. The van der Waals surface area contributed by atoms with Gasteiger partial charge in [-0.15, -0.1) is 0 Å². The van der Waals surface area contributed by atoms with Crippen LogP contribution in [0.2, 0.25) is 0 Å². The fourth-order valence-electron chi connectivity index (χ4n) is 2.19. The Kier molecular flexibility index (Phi) is 4.19. The second-order valence-electron chi connectivity index (χ2n) is 5.18. The lowest BCUT2D eigenvalue weighted by molar-refractivity contribution is -0.120. The Balaban J connectivity index is 1.66. The molecule has 0 radical (unpaired) electrons. The maximum atomic E-state index is 12.8. The minimum absolute atomic E-state index is 0.136. The number of rotatable bonds is 4. The summed E-state index contributed by atoms with van der Waals surface area (Å²) in [5.74, 6) is 0.00765. The summed E-state index contributed by atoms with van der Waals surface area (Å²) in [6.07, 6.45) is 0.136. The topological polar surface area (TPSA) is 54.6 Å². The third-order valence-corrected chi connectivity index (χ3v) is 3.41. The van der Waals surface area contributed by atoms with Crippen molar-refractivity contribution >= 4 is 22.6 Å². The summed E-state index contributed by atoms with van der Waals surface area (Å²) < 4.78 is 18.5. The molecule has 0 atom stereocenters.